The van der Waals surface area contributed by atoms with Crippen molar-refractivity contribution >= 4 is 0 Å². The van der Waals surface area contributed by atoms with Gasteiger partial charge in [0.15, 0.2) is 0 Å². The Morgan fingerprint density at radius 2 is 0.625 bits per heavy atom. The zero-order valence-corrected chi connectivity index (χ0v) is 17.7. The zero-order chi connectivity index (χ0) is 14.1. The molecule has 0 N–H and O–H groups in total. The van der Waals surface area contributed by atoms with Crippen molar-refractivity contribution in [1.82, 2.24) is 0 Å². The number of halogens is 2. The molecule has 4 aliphatic carbocycles. The number of hydrogen-bond donors (Lipinski definition) is 0. The van der Waals surface area contributed by atoms with Gasteiger partial charge in [-0.05, 0) is 0 Å². The second-order valence-corrected chi connectivity index (χ2v) is 4.01. The van der Waals surface area contributed by atoms with E-state index in [9.17, 15) is 0 Å². The van der Waals surface area contributed by atoms with E-state index < -0.39 is 0 Å². The molecule has 0 aromatic rings. The Kier molecular flexibility index (Phi) is 36.0. The third-order valence-electron chi connectivity index (χ3n) is 2.34. The minimum Gasteiger partial charge on any atom is -1.00 e. The van der Waals surface area contributed by atoms with E-state index in [0.29, 0.717) is 0 Å². The van der Waals surface area contributed by atoms with Gasteiger partial charge in [0.1, 0.15) is 0 Å². The van der Waals surface area contributed by atoms with Crippen LogP contribution in [0.15, 0.2) is 72.9 Å². The molecule has 2 radical (unpaired) electrons. The van der Waals surface area contributed by atoms with Crippen LogP contribution in [-0.4, -0.2) is 0 Å². The van der Waals surface area contributed by atoms with Crippen molar-refractivity contribution in [2.45, 2.75) is 25.7 Å². The number of rotatable bonds is 0. The Labute approximate surface area is 183 Å². The summed E-state index contributed by atoms with van der Waals surface area (Å²) in [5.41, 5.74) is 0. The summed E-state index contributed by atoms with van der Waals surface area (Å²) in [5, 5.41) is 0. The molecule has 4 aliphatic rings. The quantitative estimate of drug-likeness (QED) is 0.441. The summed E-state index contributed by atoms with van der Waals surface area (Å²) in [6, 6.07) is 0. The van der Waals surface area contributed by atoms with E-state index in [2.05, 4.69) is 48.6 Å². The molecule has 0 amide bonds. The van der Waals surface area contributed by atoms with Crippen LogP contribution in [0.25, 0.3) is 0 Å². The Morgan fingerprint density at radius 3 is 0.667 bits per heavy atom. The Bertz CT molecular complexity index is 340. The monoisotopic (exact) mass is 432 g/mol. The molecular weight excluding hydrogens is 413 g/mol. The zero-order valence-electron chi connectivity index (χ0n) is 13.4. The van der Waals surface area contributed by atoms with Crippen LogP contribution in [0, 0.1) is 24.3 Å². The molecular formula is C20H20Cl2V2-6. The number of hydrogen-bond acceptors (Lipinski definition) is 0. The maximum absolute atomic E-state index is 2.99. The topological polar surface area (TPSA) is 0 Å². The first-order chi connectivity index (χ1) is 10.0. The molecule has 0 fully saturated rings. The van der Waals surface area contributed by atoms with Gasteiger partial charge in [-0.1, -0.05) is 0 Å². The van der Waals surface area contributed by atoms with E-state index in [1.807, 2.05) is 48.6 Å². The van der Waals surface area contributed by atoms with Gasteiger partial charge in [0.05, 0.1) is 0 Å². The van der Waals surface area contributed by atoms with Crippen LogP contribution in [-0.2, 0) is 37.1 Å². The summed E-state index contributed by atoms with van der Waals surface area (Å²) >= 11 is 0. The summed E-state index contributed by atoms with van der Waals surface area (Å²) in [6.45, 7) is 0. The largest absolute Gasteiger partial charge is 1.00 e. The van der Waals surface area contributed by atoms with Gasteiger partial charge in [-0.3, -0.25) is 24.3 Å². The minimum absolute atomic E-state index is 0. The predicted molar refractivity (Wildman–Crippen MR) is 86.3 cm³/mol. The second-order valence-electron chi connectivity index (χ2n) is 4.01. The SMILES string of the molecule is [C-]1=CC=CC1.[C-]1=CC=CC1.[C-]1=CC=CC1.[C-]1=CC=CC1.[Cl-].[Cl-].[V].[V]. The van der Waals surface area contributed by atoms with Crippen molar-refractivity contribution in [3.63, 3.8) is 0 Å². The molecule has 4 rings (SSSR count). The van der Waals surface area contributed by atoms with Crippen LogP contribution >= 0.6 is 0 Å². The van der Waals surface area contributed by atoms with Crippen LogP contribution in [0.3, 0.4) is 0 Å². The van der Waals surface area contributed by atoms with Crippen LogP contribution in [0.4, 0.5) is 0 Å². The van der Waals surface area contributed by atoms with Crippen molar-refractivity contribution in [3.05, 3.63) is 97.2 Å². The van der Waals surface area contributed by atoms with Gasteiger partial charge in [0, 0.05) is 37.1 Å². The van der Waals surface area contributed by atoms with Crippen LogP contribution in [0.2, 0.25) is 0 Å². The van der Waals surface area contributed by atoms with Crippen molar-refractivity contribution in [2.24, 2.45) is 0 Å². The second kappa shape index (κ2) is 27.5. The standard InChI is InChI=1S/4C5H5.2ClH.2V/c4*1-2-4-5-3-1;;;;/h4*1-3H,4H2;2*1H;;/q4*-1;;;;/p-2. The predicted octanol–water partition coefficient (Wildman–Crippen LogP) is -0.774. The van der Waals surface area contributed by atoms with Gasteiger partial charge in [0.2, 0.25) is 0 Å². The minimum atomic E-state index is 0. The van der Waals surface area contributed by atoms with Gasteiger partial charge < -0.3 is 24.8 Å². The van der Waals surface area contributed by atoms with Gasteiger partial charge >= 0.3 is 0 Å². The Hall–Kier alpha value is -0.331. The molecule has 0 unspecified atom stereocenters. The first kappa shape index (κ1) is 31.4. The fourth-order valence-electron chi connectivity index (χ4n) is 1.36. The normalized spacial score (nSPS) is 14.7. The van der Waals surface area contributed by atoms with Gasteiger partial charge in [-0.2, -0.15) is 24.3 Å². The summed E-state index contributed by atoms with van der Waals surface area (Å²) in [5.74, 6) is 0. The average molecular weight is 433 g/mol. The van der Waals surface area contributed by atoms with E-state index in [-0.39, 0.29) is 61.9 Å². The summed E-state index contributed by atoms with van der Waals surface area (Å²) < 4.78 is 0. The third kappa shape index (κ3) is 23.9. The van der Waals surface area contributed by atoms with E-state index in [1.54, 1.807) is 0 Å². The molecule has 0 saturated heterocycles. The third-order valence-corrected chi connectivity index (χ3v) is 2.34. The average Bonchev–Trinajstić information content (AvgIpc) is 3.40. The van der Waals surface area contributed by atoms with Gasteiger partial charge in [-0.25, -0.2) is 48.6 Å². The van der Waals surface area contributed by atoms with Crippen molar-refractivity contribution in [3.8, 4) is 0 Å². The number of allylic oxidation sites excluding steroid dienone is 16. The molecule has 0 saturated carbocycles. The van der Waals surface area contributed by atoms with Crippen molar-refractivity contribution in [1.29, 1.82) is 0 Å². The molecule has 0 bridgehead atoms. The molecule has 0 aliphatic heterocycles. The fraction of sp³-hybridized carbons (Fsp3) is 0.200. The summed E-state index contributed by atoms with van der Waals surface area (Å²) in [7, 11) is 0. The van der Waals surface area contributed by atoms with E-state index in [0.717, 1.165) is 25.7 Å². The molecule has 0 aromatic carbocycles. The van der Waals surface area contributed by atoms with Crippen molar-refractivity contribution in [2.75, 3.05) is 0 Å². The van der Waals surface area contributed by atoms with E-state index >= 15 is 0 Å². The molecule has 0 spiro atoms. The molecule has 4 heteroatoms. The van der Waals surface area contributed by atoms with Gasteiger partial charge in [-0.15, -0.1) is 25.7 Å². The maximum atomic E-state index is 2.99. The van der Waals surface area contributed by atoms with Crippen LogP contribution < -0.4 is 24.8 Å². The fourth-order valence-corrected chi connectivity index (χ4v) is 1.36. The van der Waals surface area contributed by atoms with Crippen LogP contribution in [0.1, 0.15) is 25.7 Å². The first-order valence-corrected chi connectivity index (χ1v) is 6.87. The Morgan fingerprint density at radius 1 is 0.417 bits per heavy atom. The molecule has 0 aromatic heterocycles. The summed E-state index contributed by atoms with van der Waals surface area (Å²) in [6.07, 6.45) is 40.0. The van der Waals surface area contributed by atoms with E-state index in [1.165, 1.54) is 0 Å². The smallest absolute Gasteiger partial charge is 0 e. The van der Waals surface area contributed by atoms with Gasteiger partial charge in [0.25, 0.3) is 0 Å². The van der Waals surface area contributed by atoms with E-state index in [4.69, 9.17) is 0 Å². The van der Waals surface area contributed by atoms with Crippen LogP contribution in [0.5, 0.6) is 0 Å². The van der Waals surface area contributed by atoms with Crippen molar-refractivity contribution < 1.29 is 61.9 Å². The molecule has 130 valence electrons. The summed E-state index contributed by atoms with van der Waals surface area (Å²) in [4.78, 5) is 0. The molecule has 0 atom stereocenters. The first-order valence-electron chi connectivity index (χ1n) is 6.87. The molecule has 0 nitrogen and oxygen atoms in total. The Balaban J connectivity index is -0.000000105. The maximum Gasteiger partial charge on any atom is 0 e. The molecule has 0 heterocycles. The molecule has 24 heavy (non-hydrogen) atoms.